The van der Waals surface area contributed by atoms with Crippen molar-refractivity contribution in [2.45, 2.75) is 13.0 Å². The van der Waals surface area contributed by atoms with E-state index >= 15 is 0 Å². The Labute approximate surface area is 122 Å². The summed E-state index contributed by atoms with van der Waals surface area (Å²) in [5, 5.41) is 0.986. The molecule has 2 N–H and O–H groups in total. The first kappa shape index (κ1) is 13.5. The molecule has 0 aliphatic rings. The first-order valence-electron chi connectivity index (χ1n) is 6.72. The molecule has 0 amide bonds. The summed E-state index contributed by atoms with van der Waals surface area (Å²) in [6.07, 6.45) is 1.71. The standard InChI is InChI=1S/C17H15FN2O/c1-11(19)14-10-13(18)7-8-15(14)21-16-6-2-4-12-5-3-9-20-17(12)16/h2-11H,19H2,1H3/t11-/m1/s1. The van der Waals surface area contributed by atoms with Crippen LogP contribution in [0.4, 0.5) is 4.39 Å². The summed E-state index contributed by atoms with van der Waals surface area (Å²) < 4.78 is 19.3. The topological polar surface area (TPSA) is 48.1 Å². The van der Waals surface area contributed by atoms with Crippen LogP contribution < -0.4 is 10.5 Å². The van der Waals surface area contributed by atoms with Gasteiger partial charge in [-0.2, -0.15) is 0 Å². The largest absolute Gasteiger partial charge is 0.455 e. The molecule has 21 heavy (non-hydrogen) atoms. The van der Waals surface area contributed by atoms with Gasteiger partial charge in [0.05, 0.1) is 0 Å². The van der Waals surface area contributed by atoms with Gasteiger partial charge in [0.1, 0.15) is 17.1 Å². The van der Waals surface area contributed by atoms with Crippen molar-refractivity contribution in [3.8, 4) is 11.5 Å². The number of para-hydroxylation sites is 1. The van der Waals surface area contributed by atoms with E-state index in [9.17, 15) is 4.39 Å². The van der Waals surface area contributed by atoms with E-state index in [-0.39, 0.29) is 11.9 Å². The van der Waals surface area contributed by atoms with E-state index in [0.29, 0.717) is 17.1 Å². The first-order chi connectivity index (χ1) is 10.1. The number of hydrogen-bond donors (Lipinski definition) is 1. The minimum Gasteiger partial charge on any atom is -0.455 e. The predicted octanol–water partition coefficient (Wildman–Crippen LogP) is 4.19. The van der Waals surface area contributed by atoms with Gasteiger partial charge in [-0.15, -0.1) is 0 Å². The Morgan fingerprint density at radius 3 is 2.71 bits per heavy atom. The molecule has 0 radical (unpaired) electrons. The molecule has 0 saturated heterocycles. The summed E-state index contributed by atoms with van der Waals surface area (Å²) in [4.78, 5) is 4.34. The molecule has 0 fully saturated rings. The second kappa shape index (κ2) is 5.50. The second-order valence-corrected chi connectivity index (χ2v) is 4.90. The fraction of sp³-hybridized carbons (Fsp3) is 0.118. The van der Waals surface area contributed by atoms with Gasteiger partial charge in [-0.25, -0.2) is 4.39 Å². The molecule has 3 nitrogen and oxygen atoms in total. The Bertz CT molecular complexity index is 781. The fourth-order valence-corrected chi connectivity index (χ4v) is 2.25. The average Bonchev–Trinajstić information content (AvgIpc) is 2.49. The van der Waals surface area contributed by atoms with Gasteiger partial charge in [0.2, 0.25) is 0 Å². The molecular weight excluding hydrogens is 267 g/mol. The van der Waals surface area contributed by atoms with Crippen molar-refractivity contribution in [3.05, 3.63) is 66.1 Å². The summed E-state index contributed by atoms with van der Waals surface area (Å²) >= 11 is 0. The lowest BCUT2D eigenvalue weighted by atomic mass is 10.1. The average molecular weight is 282 g/mol. The van der Waals surface area contributed by atoms with Crippen molar-refractivity contribution < 1.29 is 9.13 Å². The molecule has 0 aliphatic heterocycles. The maximum absolute atomic E-state index is 13.4. The highest BCUT2D eigenvalue weighted by molar-refractivity contribution is 5.84. The SMILES string of the molecule is C[C@@H](N)c1cc(F)ccc1Oc1cccc2cccnc12. The highest BCUT2D eigenvalue weighted by Gasteiger charge is 2.12. The van der Waals surface area contributed by atoms with E-state index in [2.05, 4.69) is 4.98 Å². The molecular formula is C17H15FN2O. The third kappa shape index (κ3) is 2.71. The minimum absolute atomic E-state index is 0.321. The highest BCUT2D eigenvalue weighted by atomic mass is 19.1. The molecule has 1 atom stereocenters. The van der Waals surface area contributed by atoms with Gasteiger partial charge >= 0.3 is 0 Å². The normalized spacial score (nSPS) is 12.3. The molecule has 0 bridgehead atoms. The summed E-state index contributed by atoms with van der Waals surface area (Å²) in [7, 11) is 0. The number of hydrogen-bond acceptors (Lipinski definition) is 3. The Hall–Kier alpha value is -2.46. The van der Waals surface area contributed by atoms with Crippen molar-refractivity contribution in [1.82, 2.24) is 4.98 Å². The third-order valence-corrected chi connectivity index (χ3v) is 3.28. The Balaban J connectivity index is 2.07. The quantitative estimate of drug-likeness (QED) is 0.783. The maximum atomic E-state index is 13.4. The van der Waals surface area contributed by atoms with E-state index in [1.807, 2.05) is 30.3 Å². The van der Waals surface area contributed by atoms with Crippen LogP contribution in [0.3, 0.4) is 0 Å². The monoisotopic (exact) mass is 282 g/mol. The van der Waals surface area contributed by atoms with Crippen LogP contribution in [-0.4, -0.2) is 4.98 Å². The van der Waals surface area contributed by atoms with Gasteiger partial charge in [0, 0.05) is 23.2 Å². The number of fused-ring (bicyclic) bond motifs is 1. The van der Waals surface area contributed by atoms with Crippen LogP contribution in [0.15, 0.2) is 54.7 Å². The summed E-state index contributed by atoms with van der Waals surface area (Å²) in [6.45, 7) is 1.79. The zero-order valence-electron chi connectivity index (χ0n) is 11.6. The highest BCUT2D eigenvalue weighted by Crippen LogP contribution is 2.32. The van der Waals surface area contributed by atoms with E-state index in [0.717, 1.165) is 10.9 Å². The van der Waals surface area contributed by atoms with Crippen molar-refractivity contribution in [2.75, 3.05) is 0 Å². The number of rotatable bonds is 3. The van der Waals surface area contributed by atoms with Crippen LogP contribution in [0.1, 0.15) is 18.5 Å². The molecule has 0 aliphatic carbocycles. The lowest BCUT2D eigenvalue weighted by Gasteiger charge is -2.14. The molecule has 4 heteroatoms. The molecule has 3 aromatic rings. The van der Waals surface area contributed by atoms with Crippen LogP contribution in [0.25, 0.3) is 10.9 Å². The van der Waals surface area contributed by atoms with Crippen molar-refractivity contribution >= 4 is 10.9 Å². The summed E-state index contributed by atoms with van der Waals surface area (Å²) in [6, 6.07) is 13.6. The Kier molecular flexibility index (Phi) is 3.54. The zero-order valence-corrected chi connectivity index (χ0v) is 11.6. The summed E-state index contributed by atoms with van der Waals surface area (Å²) in [5.41, 5.74) is 7.28. The molecule has 106 valence electrons. The molecule has 0 saturated carbocycles. The van der Waals surface area contributed by atoms with Gasteiger partial charge in [0.15, 0.2) is 5.75 Å². The van der Waals surface area contributed by atoms with Crippen molar-refractivity contribution in [3.63, 3.8) is 0 Å². The molecule has 1 heterocycles. The number of pyridine rings is 1. The number of halogens is 1. The van der Waals surface area contributed by atoms with Gasteiger partial charge in [-0.1, -0.05) is 18.2 Å². The van der Waals surface area contributed by atoms with Crippen LogP contribution in [0.5, 0.6) is 11.5 Å². The molecule has 3 rings (SSSR count). The first-order valence-corrected chi connectivity index (χ1v) is 6.72. The van der Waals surface area contributed by atoms with Gasteiger partial charge < -0.3 is 10.5 Å². The fourth-order valence-electron chi connectivity index (χ4n) is 2.25. The minimum atomic E-state index is -0.328. The Morgan fingerprint density at radius 2 is 1.90 bits per heavy atom. The van der Waals surface area contributed by atoms with E-state index in [4.69, 9.17) is 10.5 Å². The van der Waals surface area contributed by atoms with Crippen LogP contribution in [0.2, 0.25) is 0 Å². The lowest BCUT2D eigenvalue weighted by molar-refractivity contribution is 0.473. The number of nitrogens with two attached hydrogens (primary N) is 1. The molecule has 0 spiro atoms. The van der Waals surface area contributed by atoms with Gasteiger partial charge in [-0.05, 0) is 37.3 Å². The Morgan fingerprint density at radius 1 is 1.10 bits per heavy atom. The molecule has 1 aromatic heterocycles. The smallest absolute Gasteiger partial charge is 0.153 e. The van der Waals surface area contributed by atoms with Crippen LogP contribution >= 0.6 is 0 Å². The maximum Gasteiger partial charge on any atom is 0.153 e. The van der Waals surface area contributed by atoms with Crippen molar-refractivity contribution in [2.24, 2.45) is 5.73 Å². The molecule has 0 unspecified atom stereocenters. The second-order valence-electron chi connectivity index (χ2n) is 4.90. The lowest BCUT2D eigenvalue weighted by Crippen LogP contribution is -2.07. The number of nitrogens with zero attached hydrogens (tertiary/aromatic N) is 1. The third-order valence-electron chi connectivity index (χ3n) is 3.28. The van der Waals surface area contributed by atoms with Crippen LogP contribution in [0, 0.1) is 5.82 Å². The number of ether oxygens (including phenoxy) is 1. The van der Waals surface area contributed by atoms with E-state index in [1.54, 1.807) is 19.2 Å². The van der Waals surface area contributed by atoms with E-state index in [1.165, 1.54) is 12.1 Å². The predicted molar refractivity (Wildman–Crippen MR) is 80.8 cm³/mol. The van der Waals surface area contributed by atoms with E-state index < -0.39 is 0 Å². The van der Waals surface area contributed by atoms with Crippen LogP contribution in [-0.2, 0) is 0 Å². The molecule has 2 aromatic carbocycles. The zero-order chi connectivity index (χ0) is 14.8. The number of benzene rings is 2. The van der Waals surface area contributed by atoms with Gasteiger partial charge in [-0.3, -0.25) is 4.98 Å². The van der Waals surface area contributed by atoms with Gasteiger partial charge in [0.25, 0.3) is 0 Å². The number of aromatic nitrogens is 1. The summed E-state index contributed by atoms with van der Waals surface area (Å²) in [5.74, 6) is 0.844. The van der Waals surface area contributed by atoms with Crippen molar-refractivity contribution in [1.29, 1.82) is 0 Å².